The fourth-order valence-corrected chi connectivity index (χ4v) is 4.43. The molecule has 0 bridgehead atoms. The van der Waals surface area contributed by atoms with Crippen LogP contribution in [-0.4, -0.2) is 23.7 Å². The molecule has 1 aromatic carbocycles. The van der Waals surface area contributed by atoms with Crippen LogP contribution in [0.3, 0.4) is 0 Å². The van der Waals surface area contributed by atoms with Crippen LogP contribution in [0.25, 0.3) is 0 Å². The minimum atomic E-state index is 0.0400. The first-order valence-corrected chi connectivity index (χ1v) is 8.05. The number of hydrogen-bond donors (Lipinski definition) is 1. The third-order valence-electron chi connectivity index (χ3n) is 3.77. The van der Waals surface area contributed by atoms with E-state index in [4.69, 9.17) is 16.3 Å². The van der Waals surface area contributed by atoms with E-state index < -0.39 is 0 Å². The molecule has 2 unspecified atom stereocenters. The van der Waals surface area contributed by atoms with Gasteiger partial charge in [0, 0.05) is 28.8 Å². The molecule has 2 aliphatic heterocycles. The van der Waals surface area contributed by atoms with Gasteiger partial charge in [0.15, 0.2) is 0 Å². The predicted octanol–water partition coefficient (Wildman–Crippen LogP) is 3.65. The molecule has 2 nitrogen and oxygen atoms in total. The van der Waals surface area contributed by atoms with Crippen LogP contribution in [0.15, 0.2) is 18.2 Å². The van der Waals surface area contributed by atoms with Crippen LogP contribution in [0.4, 0.5) is 0 Å². The summed E-state index contributed by atoms with van der Waals surface area (Å²) in [6, 6.07) is 6.35. The van der Waals surface area contributed by atoms with Crippen molar-refractivity contribution in [1.82, 2.24) is 5.32 Å². The molecule has 0 aliphatic carbocycles. The highest BCUT2D eigenvalue weighted by Gasteiger charge is 2.43. The average molecular weight is 284 g/mol. The molecular weight excluding hydrogens is 266 g/mol. The number of thioether (sulfide) groups is 1. The van der Waals surface area contributed by atoms with E-state index in [9.17, 15) is 0 Å². The van der Waals surface area contributed by atoms with E-state index in [1.807, 2.05) is 30.0 Å². The third-order valence-corrected chi connectivity index (χ3v) is 5.23. The van der Waals surface area contributed by atoms with Gasteiger partial charge in [-0.1, -0.05) is 18.5 Å². The lowest BCUT2D eigenvalue weighted by Crippen LogP contribution is -2.44. The zero-order valence-electron chi connectivity index (χ0n) is 10.5. The Balaban J connectivity index is 1.97. The van der Waals surface area contributed by atoms with E-state index in [-0.39, 0.29) is 5.60 Å². The van der Waals surface area contributed by atoms with Gasteiger partial charge in [-0.25, -0.2) is 0 Å². The number of nitrogens with one attached hydrogen (secondary N) is 1. The minimum absolute atomic E-state index is 0.0400. The lowest BCUT2D eigenvalue weighted by molar-refractivity contribution is 0.0555. The largest absolute Gasteiger partial charge is 0.486 e. The quantitative estimate of drug-likeness (QED) is 0.895. The summed E-state index contributed by atoms with van der Waals surface area (Å²) >= 11 is 8.10. The van der Waals surface area contributed by atoms with Gasteiger partial charge in [0.25, 0.3) is 0 Å². The molecule has 2 heterocycles. The zero-order chi connectivity index (χ0) is 12.6. The Morgan fingerprint density at radius 1 is 1.56 bits per heavy atom. The zero-order valence-corrected chi connectivity index (χ0v) is 12.1. The van der Waals surface area contributed by atoms with Crippen LogP contribution in [0, 0.1) is 0 Å². The molecule has 2 atom stereocenters. The molecule has 2 aliphatic rings. The number of halogens is 1. The number of benzene rings is 1. The second-order valence-corrected chi connectivity index (χ2v) is 6.63. The van der Waals surface area contributed by atoms with Gasteiger partial charge < -0.3 is 10.1 Å². The molecule has 1 fully saturated rings. The van der Waals surface area contributed by atoms with Crippen molar-refractivity contribution in [2.24, 2.45) is 0 Å². The summed E-state index contributed by atoms with van der Waals surface area (Å²) in [5, 5.41) is 4.36. The van der Waals surface area contributed by atoms with Crippen molar-refractivity contribution in [1.29, 1.82) is 0 Å². The van der Waals surface area contributed by atoms with Crippen molar-refractivity contribution in [3.63, 3.8) is 0 Å². The fourth-order valence-electron chi connectivity index (χ4n) is 2.90. The molecule has 0 saturated carbocycles. The number of fused-ring (bicyclic) bond motifs is 1. The van der Waals surface area contributed by atoms with Crippen molar-refractivity contribution in [2.75, 3.05) is 18.1 Å². The molecule has 0 radical (unpaired) electrons. The van der Waals surface area contributed by atoms with Gasteiger partial charge in [0.05, 0.1) is 0 Å². The number of hydrogen-bond acceptors (Lipinski definition) is 3. The van der Waals surface area contributed by atoms with Crippen LogP contribution in [0.1, 0.15) is 31.4 Å². The highest BCUT2D eigenvalue weighted by Crippen LogP contribution is 2.46. The normalized spacial score (nSPS) is 30.2. The Bertz CT molecular complexity index is 445. The van der Waals surface area contributed by atoms with Crippen molar-refractivity contribution in [3.05, 3.63) is 28.8 Å². The Morgan fingerprint density at radius 3 is 3.17 bits per heavy atom. The van der Waals surface area contributed by atoms with Gasteiger partial charge in [0.2, 0.25) is 0 Å². The molecule has 0 amide bonds. The molecule has 1 aromatic rings. The maximum Gasteiger partial charge on any atom is 0.125 e. The molecule has 3 rings (SSSR count). The standard InChI is InChI=1S/C14H18ClNOS/c1-2-16-12-8-14(5-6-18-9-14)17-13-4-3-10(15)7-11(12)13/h3-4,7,12,16H,2,5-6,8-9H2,1H3. The minimum Gasteiger partial charge on any atom is -0.486 e. The Labute approximate surface area is 117 Å². The van der Waals surface area contributed by atoms with Gasteiger partial charge in [0.1, 0.15) is 11.4 Å². The van der Waals surface area contributed by atoms with Crippen molar-refractivity contribution in [3.8, 4) is 5.75 Å². The van der Waals surface area contributed by atoms with E-state index in [1.165, 1.54) is 11.3 Å². The average Bonchev–Trinajstić information content (AvgIpc) is 2.79. The van der Waals surface area contributed by atoms with Crippen LogP contribution < -0.4 is 10.1 Å². The van der Waals surface area contributed by atoms with Crippen LogP contribution in [-0.2, 0) is 0 Å². The van der Waals surface area contributed by atoms with E-state index in [1.54, 1.807) is 0 Å². The third kappa shape index (κ3) is 2.24. The van der Waals surface area contributed by atoms with Gasteiger partial charge in [-0.2, -0.15) is 11.8 Å². The summed E-state index contributed by atoms with van der Waals surface area (Å²) in [6.45, 7) is 3.12. The van der Waals surface area contributed by atoms with Gasteiger partial charge in [-0.05, 0) is 36.9 Å². The van der Waals surface area contributed by atoms with E-state index >= 15 is 0 Å². The fraction of sp³-hybridized carbons (Fsp3) is 0.571. The summed E-state index contributed by atoms with van der Waals surface area (Å²) in [5.41, 5.74) is 1.25. The topological polar surface area (TPSA) is 21.3 Å². The second-order valence-electron chi connectivity index (χ2n) is 5.08. The van der Waals surface area contributed by atoms with Crippen LogP contribution in [0.5, 0.6) is 5.75 Å². The molecule has 98 valence electrons. The van der Waals surface area contributed by atoms with E-state index in [0.717, 1.165) is 35.9 Å². The van der Waals surface area contributed by atoms with Crippen LogP contribution in [0.2, 0.25) is 5.02 Å². The van der Waals surface area contributed by atoms with Crippen molar-refractivity contribution < 1.29 is 4.74 Å². The molecule has 18 heavy (non-hydrogen) atoms. The van der Waals surface area contributed by atoms with Crippen molar-refractivity contribution >= 4 is 23.4 Å². The Hall–Kier alpha value is -0.380. The Morgan fingerprint density at radius 2 is 2.44 bits per heavy atom. The number of rotatable bonds is 2. The van der Waals surface area contributed by atoms with Gasteiger partial charge >= 0.3 is 0 Å². The first-order chi connectivity index (χ1) is 8.72. The number of ether oxygens (including phenoxy) is 1. The van der Waals surface area contributed by atoms with E-state index in [0.29, 0.717) is 6.04 Å². The lowest BCUT2D eigenvalue weighted by Gasteiger charge is -2.40. The predicted molar refractivity (Wildman–Crippen MR) is 77.8 cm³/mol. The SMILES string of the molecule is CCNC1CC2(CCSC2)Oc2ccc(Cl)cc21. The summed E-state index contributed by atoms with van der Waals surface area (Å²) in [7, 11) is 0. The lowest BCUT2D eigenvalue weighted by atomic mass is 9.86. The first kappa shape index (κ1) is 12.6. The molecule has 1 spiro atoms. The maximum absolute atomic E-state index is 6.29. The molecule has 4 heteroatoms. The summed E-state index contributed by atoms with van der Waals surface area (Å²) in [6.07, 6.45) is 2.21. The summed E-state index contributed by atoms with van der Waals surface area (Å²) in [4.78, 5) is 0. The first-order valence-electron chi connectivity index (χ1n) is 6.52. The second kappa shape index (κ2) is 4.95. The molecule has 1 saturated heterocycles. The summed E-state index contributed by atoms with van der Waals surface area (Å²) in [5.74, 6) is 3.33. The Kier molecular flexibility index (Phi) is 3.48. The highest BCUT2D eigenvalue weighted by atomic mass is 35.5. The summed E-state index contributed by atoms with van der Waals surface area (Å²) < 4.78 is 6.29. The molecule has 0 aromatic heterocycles. The molecule has 1 N–H and O–H groups in total. The highest BCUT2D eigenvalue weighted by molar-refractivity contribution is 7.99. The van der Waals surface area contributed by atoms with E-state index in [2.05, 4.69) is 12.2 Å². The maximum atomic E-state index is 6.29. The van der Waals surface area contributed by atoms with Gasteiger partial charge in [-0.15, -0.1) is 0 Å². The smallest absolute Gasteiger partial charge is 0.125 e. The molecular formula is C14H18ClNOS. The van der Waals surface area contributed by atoms with Crippen LogP contribution >= 0.6 is 23.4 Å². The monoisotopic (exact) mass is 283 g/mol. The van der Waals surface area contributed by atoms with Crippen molar-refractivity contribution in [2.45, 2.75) is 31.4 Å². The van der Waals surface area contributed by atoms with Gasteiger partial charge in [-0.3, -0.25) is 0 Å².